The van der Waals surface area contributed by atoms with E-state index in [0.717, 1.165) is 16.8 Å². The Hall–Kier alpha value is -3.39. The highest BCUT2D eigenvalue weighted by Crippen LogP contribution is 2.25. The van der Waals surface area contributed by atoms with E-state index < -0.39 is 11.9 Å². The van der Waals surface area contributed by atoms with E-state index >= 15 is 0 Å². The van der Waals surface area contributed by atoms with E-state index in [0.29, 0.717) is 24.5 Å². The van der Waals surface area contributed by atoms with E-state index in [4.69, 9.17) is 15.2 Å². The van der Waals surface area contributed by atoms with Gasteiger partial charge in [-0.15, -0.1) is 0 Å². The Kier molecular flexibility index (Phi) is 6.80. The van der Waals surface area contributed by atoms with Crippen molar-refractivity contribution in [3.63, 3.8) is 0 Å². The number of aromatic nitrogens is 2. The molecule has 0 fully saturated rings. The van der Waals surface area contributed by atoms with Crippen LogP contribution in [0.5, 0.6) is 11.5 Å². The molecule has 0 spiro atoms. The molecule has 8 heteroatoms. The van der Waals surface area contributed by atoms with Gasteiger partial charge in [0.25, 0.3) is 0 Å². The lowest BCUT2D eigenvalue weighted by Gasteiger charge is -2.17. The number of imidazole rings is 1. The van der Waals surface area contributed by atoms with Crippen LogP contribution in [0.4, 0.5) is 4.39 Å². The largest absolute Gasteiger partial charge is 0.496 e. The molecule has 1 unspecified atom stereocenters. The standard InChI is InChI=1S/C21H23FN4O3/c1-28-20-9-18(29-12-14-3-2-4-16(22)7-14)6-5-15(20)10-25-19(21(23)27)8-17-11-24-13-26-17/h2-7,9,11,13,19,25H,8,10,12H2,1H3,(H2,23,27)(H,24,26). The molecule has 0 saturated carbocycles. The first-order valence-electron chi connectivity index (χ1n) is 9.09. The lowest BCUT2D eigenvalue weighted by molar-refractivity contribution is -0.120. The molecular weight excluding hydrogens is 375 g/mol. The zero-order chi connectivity index (χ0) is 20.6. The average Bonchev–Trinajstić information content (AvgIpc) is 3.23. The third-order valence-corrected chi connectivity index (χ3v) is 4.41. The van der Waals surface area contributed by atoms with Crippen LogP contribution in [-0.2, 0) is 24.4 Å². The number of halogens is 1. The van der Waals surface area contributed by atoms with E-state index in [9.17, 15) is 9.18 Å². The molecule has 4 N–H and O–H groups in total. The minimum absolute atomic E-state index is 0.243. The molecule has 1 atom stereocenters. The molecule has 152 valence electrons. The Morgan fingerprint density at radius 1 is 1.31 bits per heavy atom. The summed E-state index contributed by atoms with van der Waals surface area (Å²) in [5, 5.41) is 3.15. The Morgan fingerprint density at radius 3 is 2.86 bits per heavy atom. The van der Waals surface area contributed by atoms with Crippen LogP contribution in [0.2, 0.25) is 0 Å². The summed E-state index contributed by atoms with van der Waals surface area (Å²) in [7, 11) is 1.56. The molecule has 3 aromatic rings. The molecule has 7 nitrogen and oxygen atoms in total. The average molecular weight is 398 g/mol. The van der Waals surface area contributed by atoms with E-state index in [1.54, 1.807) is 43.9 Å². The lowest BCUT2D eigenvalue weighted by atomic mass is 10.1. The number of carbonyl (C=O) groups is 1. The van der Waals surface area contributed by atoms with E-state index in [2.05, 4.69) is 15.3 Å². The van der Waals surface area contributed by atoms with Gasteiger partial charge in [-0.3, -0.25) is 4.79 Å². The fraction of sp³-hybridized carbons (Fsp3) is 0.238. The molecule has 1 aromatic heterocycles. The van der Waals surface area contributed by atoms with Crippen LogP contribution in [0.25, 0.3) is 0 Å². The number of rotatable bonds is 10. The van der Waals surface area contributed by atoms with E-state index in [-0.39, 0.29) is 12.4 Å². The molecule has 0 aliphatic carbocycles. The Balaban J connectivity index is 1.62. The molecule has 29 heavy (non-hydrogen) atoms. The molecule has 2 aromatic carbocycles. The second-order valence-corrected chi connectivity index (χ2v) is 6.51. The maximum atomic E-state index is 13.3. The monoisotopic (exact) mass is 398 g/mol. The number of aromatic amines is 1. The number of nitrogens with one attached hydrogen (secondary N) is 2. The molecular formula is C21H23FN4O3. The number of ether oxygens (including phenoxy) is 2. The number of amides is 1. The van der Waals surface area contributed by atoms with Crippen LogP contribution in [0.15, 0.2) is 55.0 Å². The third-order valence-electron chi connectivity index (χ3n) is 4.41. The van der Waals surface area contributed by atoms with Crippen molar-refractivity contribution in [3.05, 3.63) is 77.6 Å². The predicted molar refractivity (Wildman–Crippen MR) is 106 cm³/mol. The molecule has 0 radical (unpaired) electrons. The topological polar surface area (TPSA) is 102 Å². The molecule has 0 aliphatic heterocycles. The van der Waals surface area contributed by atoms with Gasteiger partial charge in [0.2, 0.25) is 5.91 Å². The normalized spacial score (nSPS) is 11.8. The maximum absolute atomic E-state index is 13.3. The highest BCUT2D eigenvalue weighted by atomic mass is 19.1. The van der Waals surface area contributed by atoms with Gasteiger partial charge in [0.05, 0.1) is 19.5 Å². The number of carbonyl (C=O) groups excluding carboxylic acids is 1. The first kappa shape index (κ1) is 20.3. The number of hydrogen-bond acceptors (Lipinski definition) is 5. The van der Waals surface area contributed by atoms with Crippen molar-refractivity contribution in [3.8, 4) is 11.5 Å². The summed E-state index contributed by atoms with van der Waals surface area (Å²) < 4.78 is 24.4. The minimum Gasteiger partial charge on any atom is -0.496 e. The fourth-order valence-electron chi connectivity index (χ4n) is 2.88. The van der Waals surface area contributed by atoms with Gasteiger partial charge >= 0.3 is 0 Å². The van der Waals surface area contributed by atoms with Gasteiger partial charge in [0, 0.05) is 36.5 Å². The van der Waals surface area contributed by atoms with Crippen molar-refractivity contribution >= 4 is 5.91 Å². The van der Waals surface area contributed by atoms with Crippen molar-refractivity contribution in [1.29, 1.82) is 0 Å². The first-order chi connectivity index (χ1) is 14.0. The van der Waals surface area contributed by atoms with Crippen molar-refractivity contribution in [2.24, 2.45) is 5.73 Å². The summed E-state index contributed by atoms with van der Waals surface area (Å²) >= 11 is 0. The van der Waals surface area contributed by atoms with Gasteiger partial charge < -0.3 is 25.5 Å². The van der Waals surface area contributed by atoms with Gasteiger partial charge in [-0.25, -0.2) is 9.37 Å². The SMILES string of the molecule is COc1cc(OCc2cccc(F)c2)ccc1CNC(Cc1cnc[nH]1)C(N)=O. The number of methoxy groups -OCH3 is 1. The number of nitrogens with two attached hydrogens (primary N) is 1. The van der Waals surface area contributed by atoms with Crippen molar-refractivity contribution in [1.82, 2.24) is 15.3 Å². The Morgan fingerprint density at radius 2 is 2.17 bits per heavy atom. The smallest absolute Gasteiger partial charge is 0.234 e. The summed E-state index contributed by atoms with van der Waals surface area (Å²) in [5.74, 6) is 0.454. The molecule has 3 rings (SSSR count). The zero-order valence-electron chi connectivity index (χ0n) is 16.0. The lowest BCUT2D eigenvalue weighted by Crippen LogP contribution is -2.42. The van der Waals surface area contributed by atoms with Gasteiger partial charge in [0.1, 0.15) is 23.9 Å². The second kappa shape index (κ2) is 9.70. The number of primary amides is 1. The highest BCUT2D eigenvalue weighted by molar-refractivity contribution is 5.80. The highest BCUT2D eigenvalue weighted by Gasteiger charge is 2.17. The van der Waals surface area contributed by atoms with Crippen LogP contribution in [0.1, 0.15) is 16.8 Å². The summed E-state index contributed by atoms with van der Waals surface area (Å²) in [4.78, 5) is 18.6. The number of hydrogen-bond donors (Lipinski definition) is 3. The maximum Gasteiger partial charge on any atom is 0.234 e. The van der Waals surface area contributed by atoms with Crippen LogP contribution in [0.3, 0.4) is 0 Å². The van der Waals surface area contributed by atoms with Crippen LogP contribution < -0.4 is 20.5 Å². The first-order valence-corrected chi connectivity index (χ1v) is 9.09. The summed E-state index contributed by atoms with van der Waals surface area (Å²) in [6.07, 6.45) is 3.62. The molecule has 1 heterocycles. The van der Waals surface area contributed by atoms with Gasteiger partial charge in [-0.1, -0.05) is 18.2 Å². The number of H-pyrrole nitrogens is 1. The van der Waals surface area contributed by atoms with Gasteiger partial charge in [0.15, 0.2) is 0 Å². The fourth-order valence-corrected chi connectivity index (χ4v) is 2.88. The predicted octanol–water partition coefficient (Wildman–Crippen LogP) is 2.32. The third kappa shape index (κ3) is 5.79. The molecule has 0 saturated heterocycles. The second-order valence-electron chi connectivity index (χ2n) is 6.51. The Labute approximate surface area is 168 Å². The number of nitrogens with zero attached hydrogens (tertiary/aromatic N) is 1. The molecule has 0 aliphatic rings. The summed E-state index contributed by atoms with van der Waals surface area (Å²) in [6, 6.07) is 11.1. The van der Waals surface area contributed by atoms with Crippen molar-refractivity contribution in [2.75, 3.05) is 7.11 Å². The molecule has 1 amide bonds. The van der Waals surface area contributed by atoms with Gasteiger partial charge in [-0.2, -0.15) is 0 Å². The van der Waals surface area contributed by atoms with Crippen molar-refractivity contribution in [2.45, 2.75) is 25.6 Å². The number of benzene rings is 2. The van der Waals surface area contributed by atoms with E-state index in [1.807, 2.05) is 6.07 Å². The summed E-state index contributed by atoms with van der Waals surface area (Å²) in [5.41, 5.74) is 7.90. The van der Waals surface area contributed by atoms with Crippen LogP contribution >= 0.6 is 0 Å². The molecule has 0 bridgehead atoms. The Bertz CT molecular complexity index is 947. The van der Waals surface area contributed by atoms with Crippen LogP contribution in [0, 0.1) is 5.82 Å². The van der Waals surface area contributed by atoms with E-state index in [1.165, 1.54) is 12.1 Å². The van der Waals surface area contributed by atoms with Crippen LogP contribution in [-0.4, -0.2) is 29.0 Å². The van der Waals surface area contributed by atoms with Gasteiger partial charge in [-0.05, 0) is 23.8 Å². The quantitative estimate of drug-likeness (QED) is 0.486. The zero-order valence-corrected chi connectivity index (χ0v) is 16.0. The minimum atomic E-state index is -0.552. The summed E-state index contributed by atoms with van der Waals surface area (Å²) in [6.45, 7) is 0.627. The van der Waals surface area contributed by atoms with Crippen molar-refractivity contribution < 1.29 is 18.7 Å².